The van der Waals surface area contributed by atoms with Crippen LogP contribution >= 0.6 is 24.0 Å². The van der Waals surface area contributed by atoms with Crippen molar-refractivity contribution in [2.75, 3.05) is 18.8 Å². The van der Waals surface area contributed by atoms with E-state index < -0.39 is 0 Å². The number of carbonyl (C=O) groups excluding carboxylic acids is 1. The molecule has 1 aliphatic heterocycles. The molecule has 0 bridgehead atoms. The molecule has 4 heteroatoms. The third-order valence-electron chi connectivity index (χ3n) is 4.79. The number of rotatable bonds is 3. The zero-order valence-electron chi connectivity index (χ0n) is 13.1. The van der Waals surface area contributed by atoms with Gasteiger partial charge in [0.1, 0.15) is 4.32 Å². The van der Waals surface area contributed by atoms with Crippen molar-refractivity contribution < 1.29 is 4.79 Å². The van der Waals surface area contributed by atoms with E-state index in [0.717, 1.165) is 41.7 Å². The molecule has 0 radical (unpaired) electrons. The third kappa shape index (κ3) is 3.72. The van der Waals surface area contributed by atoms with Crippen LogP contribution in [0.1, 0.15) is 47.7 Å². The van der Waals surface area contributed by atoms with Crippen molar-refractivity contribution in [2.45, 2.75) is 39.0 Å². The number of hydrogen-bond acceptors (Lipinski definition) is 3. The number of piperidine rings is 1. The highest BCUT2D eigenvalue weighted by Gasteiger charge is 2.19. The fourth-order valence-electron chi connectivity index (χ4n) is 3.24. The second kappa shape index (κ2) is 7.14. The van der Waals surface area contributed by atoms with Crippen molar-refractivity contribution in [3.05, 3.63) is 34.9 Å². The minimum Gasteiger partial charge on any atom is -0.357 e. The molecule has 1 saturated heterocycles. The second-order valence-electron chi connectivity index (χ2n) is 6.48. The van der Waals surface area contributed by atoms with Crippen LogP contribution in [0.3, 0.4) is 0 Å². The number of benzene rings is 1. The summed E-state index contributed by atoms with van der Waals surface area (Å²) in [6, 6.07) is 6.21. The molecule has 118 valence electrons. The van der Waals surface area contributed by atoms with Crippen molar-refractivity contribution >= 4 is 34.1 Å². The number of likely N-dealkylation sites (tertiary alicyclic amines) is 1. The van der Waals surface area contributed by atoms with Crippen LogP contribution in [-0.4, -0.2) is 33.8 Å². The first-order chi connectivity index (χ1) is 10.6. The lowest BCUT2D eigenvalue weighted by Crippen LogP contribution is -2.35. The Bertz CT molecular complexity index is 576. The number of hydrogen-bond donors (Lipinski definition) is 0. The molecule has 0 aromatic heterocycles. The molecule has 0 atom stereocenters. The van der Waals surface area contributed by atoms with E-state index in [1.54, 1.807) is 0 Å². The van der Waals surface area contributed by atoms with E-state index >= 15 is 0 Å². The molecular weight excluding hydrogens is 310 g/mol. The van der Waals surface area contributed by atoms with Gasteiger partial charge < -0.3 is 4.90 Å². The monoisotopic (exact) mass is 333 g/mol. The Labute approximate surface area is 142 Å². The molecule has 1 aromatic carbocycles. The van der Waals surface area contributed by atoms with E-state index in [1.807, 2.05) is 6.07 Å². The van der Waals surface area contributed by atoms with Gasteiger partial charge in [-0.3, -0.25) is 4.79 Å². The van der Waals surface area contributed by atoms with E-state index in [2.05, 4.69) is 24.0 Å². The zero-order valence-corrected chi connectivity index (χ0v) is 14.8. The summed E-state index contributed by atoms with van der Waals surface area (Å²) in [5.41, 5.74) is 3.63. The second-order valence-corrected chi connectivity index (χ2v) is 8.09. The normalized spacial score (nSPS) is 18.3. The Morgan fingerprint density at radius 3 is 2.77 bits per heavy atom. The molecule has 0 unspecified atom stereocenters. The number of Topliss-reactive ketones (excluding diaryl/α,β-unsaturated/α-hetero) is 1. The Morgan fingerprint density at radius 2 is 2.00 bits per heavy atom. The van der Waals surface area contributed by atoms with Gasteiger partial charge in [-0.25, -0.2) is 0 Å². The molecule has 1 fully saturated rings. The van der Waals surface area contributed by atoms with Crippen molar-refractivity contribution in [3.8, 4) is 0 Å². The Hall–Kier alpha value is -0.870. The first-order valence-corrected chi connectivity index (χ1v) is 9.59. The van der Waals surface area contributed by atoms with Gasteiger partial charge in [-0.1, -0.05) is 43.0 Å². The lowest BCUT2D eigenvalue weighted by molar-refractivity contribution is 0.102. The van der Waals surface area contributed by atoms with Gasteiger partial charge in [0.15, 0.2) is 5.78 Å². The van der Waals surface area contributed by atoms with Gasteiger partial charge in [0.2, 0.25) is 0 Å². The Balaban J connectivity index is 1.53. The first-order valence-electron chi connectivity index (χ1n) is 8.20. The molecule has 1 aliphatic carbocycles. The standard InChI is InChI=1S/C18H23NOS2/c1-13-7-9-19(10-8-13)18(21)22-12-17(20)16-6-5-14-3-2-4-15(14)11-16/h5-6,11,13H,2-4,7-10,12H2,1H3. The summed E-state index contributed by atoms with van der Waals surface area (Å²) in [6.07, 6.45) is 5.92. The van der Waals surface area contributed by atoms with Crippen LogP contribution in [0.25, 0.3) is 0 Å². The minimum absolute atomic E-state index is 0.201. The topological polar surface area (TPSA) is 20.3 Å². The van der Waals surface area contributed by atoms with E-state index in [0.29, 0.717) is 5.75 Å². The van der Waals surface area contributed by atoms with Gasteiger partial charge in [0.05, 0.1) is 5.75 Å². The highest BCUT2D eigenvalue weighted by molar-refractivity contribution is 8.23. The molecule has 0 amide bonds. The molecule has 2 aliphatic rings. The van der Waals surface area contributed by atoms with Gasteiger partial charge in [0.25, 0.3) is 0 Å². The van der Waals surface area contributed by atoms with Crippen molar-refractivity contribution in [2.24, 2.45) is 5.92 Å². The molecule has 1 aromatic rings. The largest absolute Gasteiger partial charge is 0.357 e. The predicted molar refractivity (Wildman–Crippen MR) is 97.8 cm³/mol. The highest BCUT2D eigenvalue weighted by Crippen LogP contribution is 2.24. The van der Waals surface area contributed by atoms with Gasteiger partial charge in [0, 0.05) is 18.7 Å². The molecular formula is C18H23NOS2. The van der Waals surface area contributed by atoms with Crippen LogP contribution in [0.4, 0.5) is 0 Å². The maximum absolute atomic E-state index is 12.4. The third-order valence-corrected chi connectivity index (χ3v) is 6.31. The fourth-order valence-corrected chi connectivity index (χ4v) is 4.38. The lowest BCUT2D eigenvalue weighted by Gasteiger charge is -2.31. The van der Waals surface area contributed by atoms with Crippen LogP contribution in [0, 0.1) is 5.92 Å². The van der Waals surface area contributed by atoms with Gasteiger partial charge >= 0.3 is 0 Å². The van der Waals surface area contributed by atoms with E-state index in [9.17, 15) is 4.79 Å². The number of thioether (sulfide) groups is 1. The minimum atomic E-state index is 0.201. The summed E-state index contributed by atoms with van der Waals surface area (Å²) in [6.45, 7) is 4.38. The lowest BCUT2D eigenvalue weighted by atomic mass is 10.00. The number of fused-ring (bicyclic) bond motifs is 1. The quantitative estimate of drug-likeness (QED) is 0.612. The van der Waals surface area contributed by atoms with Crippen molar-refractivity contribution in [3.63, 3.8) is 0 Å². The molecule has 0 spiro atoms. The van der Waals surface area contributed by atoms with Gasteiger partial charge in [-0.2, -0.15) is 0 Å². The number of carbonyl (C=O) groups is 1. The summed E-state index contributed by atoms with van der Waals surface area (Å²) >= 11 is 7.03. The van der Waals surface area contributed by atoms with Crippen molar-refractivity contribution in [1.29, 1.82) is 0 Å². The van der Waals surface area contributed by atoms with Gasteiger partial charge in [-0.15, -0.1) is 0 Å². The average Bonchev–Trinajstić information content (AvgIpc) is 3.00. The summed E-state index contributed by atoms with van der Waals surface area (Å²) in [7, 11) is 0. The van der Waals surface area contributed by atoms with Crippen LogP contribution in [-0.2, 0) is 12.8 Å². The zero-order chi connectivity index (χ0) is 15.5. The highest BCUT2D eigenvalue weighted by atomic mass is 32.2. The van der Waals surface area contributed by atoms with E-state index in [1.165, 1.54) is 42.2 Å². The number of aryl methyl sites for hydroxylation is 2. The maximum Gasteiger partial charge on any atom is 0.173 e. The Morgan fingerprint density at radius 1 is 1.27 bits per heavy atom. The van der Waals surface area contributed by atoms with Crippen molar-refractivity contribution in [1.82, 2.24) is 4.90 Å². The summed E-state index contributed by atoms with van der Waals surface area (Å²) < 4.78 is 0.890. The predicted octanol–water partition coefficient (Wildman–Crippen LogP) is 4.11. The molecule has 22 heavy (non-hydrogen) atoms. The first kappa shape index (κ1) is 16.0. The molecule has 0 N–H and O–H groups in total. The van der Waals surface area contributed by atoms with E-state index in [-0.39, 0.29) is 5.78 Å². The van der Waals surface area contributed by atoms with Crippen LogP contribution < -0.4 is 0 Å². The van der Waals surface area contributed by atoms with Crippen LogP contribution in [0.15, 0.2) is 18.2 Å². The summed E-state index contributed by atoms with van der Waals surface area (Å²) in [5, 5.41) is 0. The van der Waals surface area contributed by atoms with Crippen LogP contribution in [0.5, 0.6) is 0 Å². The number of nitrogens with zero attached hydrogens (tertiary/aromatic N) is 1. The molecule has 3 rings (SSSR count). The average molecular weight is 334 g/mol. The van der Waals surface area contributed by atoms with Gasteiger partial charge in [-0.05, 0) is 55.2 Å². The SMILES string of the molecule is CC1CCN(C(=S)SCC(=O)c2ccc3c(c2)CCC3)CC1. The fraction of sp³-hybridized carbons (Fsp3) is 0.556. The summed E-state index contributed by atoms with van der Waals surface area (Å²) in [5.74, 6) is 1.47. The number of ketones is 1. The smallest absolute Gasteiger partial charge is 0.173 e. The van der Waals surface area contributed by atoms with E-state index in [4.69, 9.17) is 12.2 Å². The Kier molecular flexibility index (Phi) is 5.19. The number of thiocarbonyl (C=S) groups is 1. The molecule has 0 saturated carbocycles. The maximum atomic E-state index is 12.4. The molecule has 1 heterocycles. The molecule has 2 nitrogen and oxygen atoms in total. The summed E-state index contributed by atoms with van der Waals surface area (Å²) in [4.78, 5) is 14.6. The van der Waals surface area contributed by atoms with Crippen LogP contribution in [0.2, 0.25) is 0 Å².